The summed E-state index contributed by atoms with van der Waals surface area (Å²) in [5, 5.41) is 12.0. The number of rotatable bonds is 1. The molecule has 1 saturated heterocycles. The number of morpholine rings is 1. The SMILES string of the molecule is N#C[C@@H]1Cc2c(ccc3ccccc23)O[C@H]1N1CCOCC1. The van der Waals surface area contributed by atoms with E-state index in [4.69, 9.17) is 9.47 Å². The van der Waals surface area contributed by atoms with E-state index in [9.17, 15) is 5.26 Å². The van der Waals surface area contributed by atoms with Gasteiger partial charge in [0.05, 0.1) is 19.3 Å². The smallest absolute Gasteiger partial charge is 0.169 e. The second-order valence-electron chi connectivity index (χ2n) is 5.86. The molecule has 0 radical (unpaired) electrons. The molecule has 0 aromatic heterocycles. The van der Waals surface area contributed by atoms with Crippen LogP contribution in [0.15, 0.2) is 36.4 Å². The Balaban J connectivity index is 1.73. The normalized spacial score (nSPS) is 25.2. The predicted molar refractivity (Wildman–Crippen MR) is 83.6 cm³/mol. The monoisotopic (exact) mass is 294 g/mol. The Morgan fingerprint density at radius 2 is 1.91 bits per heavy atom. The number of benzene rings is 2. The molecule has 4 heteroatoms. The van der Waals surface area contributed by atoms with Gasteiger partial charge in [0.25, 0.3) is 0 Å². The molecule has 4 nitrogen and oxygen atoms in total. The van der Waals surface area contributed by atoms with E-state index in [1.807, 2.05) is 18.2 Å². The van der Waals surface area contributed by atoms with Crippen molar-refractivity contribution in [3.8, 4) is 11.8 Å². The molecule has 2 heterocycles. The van der Waals surface area contributed by atoms with Crippen LogP contribution in [0.4, 0.5) is 0 Å². The Bertz CT molecular complexity index is 731. The highest BCUT2D eigenvalue weighted by atomic mass is 16.5. The van der Waals surface area contributed by atoms with Gasteiger partial charge in [0.2, 0.25) is 0 Å². The molecular weight excluding hydrogens is 276 g/mol. The third-order valence-corrected chi connectivity index (χ3v) is 4.58. The fourth-order valence-electron chi connectivity index (χ4n) is 3.44. The molecule has 1 fully saturated rings. The third-order valence-electron chi connectivity index (χ3n) is 4.58. The molecule has 2 aromatic rings. The fraction of sp³-hybridized carbons (Fsp3) is 0.389. The van der Waals surface area contributed by atoms with Gasteiger partial charge < -0.3 is 9.47 Å². The lowest BCUT2D eigenvalue weighted by Crippen LogP contribution is -2.51. The molecule has 0 aliphatic carbocycles. The van der Waals surface area contributed by atoms with E-state index in [-0.39, 0.29) is 12.1 Å². The summed E-state index contributed by atoms with van der Waals surface area (Å²) in [6.07, 6.45) is 0.581. The topological polar surface area (TPSA) is 45.5 Å². The molecule has 2 aliphatic rings. The largest absolute Gasteiger partial charge is 0.473 e. The number of nitriles is 1. The second-order valence-corrected chi connectivity index (χ2v) is 5.86. The van der Waals surface area contributed by atoms with Gasteiger partial charge >= 0.3 is 0 Å². The van der Waals surface area contributed by atoms with Crippen molar-refractivity contribution in [3.63, 3.8) is 0 Å². The molecule has 22 heavy (non-hydrogen) atoms. The van der Waals surface area contributed by atoms with E-state index in [0.29, 0.717) is 13.2 Å². The fourth-order valence-corrected chi connectivity index (χ4v) is 3.44. The summed E-state index contributed by atoms with van der Waals surface area (Å²) in [6.45, 7) is 3.07. The van der Waals surface area contributed by atoms with Gasteiger partial charge in [-0.25, -0.2) is 0 Å². The highest BCUT2D eigenvalue weighted by Gasteiger charge is 2.35. The van der Waals surface area contributed by atoms with E-state index >= 15 is 0 Å². The molecule has 0 bridgehead atoms. The Morgan fingerprint density at radius 1 is 1.09 bits per heavy atom. The van der Waals surface area contributed by atoms with Gasteiger partial charge in [-0.2, -0.15) is 5.26 Å². The zero-order valence-corrected chi connectivity index (χ0v) is 12.4. The van der Waals surface area contributed by atoms with Crippen molar-refractivity contribution in [2.24, 2.45) is 5.92 Å². The first kappa shape index (κ1) is 13.6. The molecule has 0 unspecified atom stereocenters. The highest BCUT2D eigenvalue weighted by Crippen LogP contribution is 2.37. The quantitative estimate of drug-likeness (QED) is 0.811. The van der Waals surface area contributed by atoms with Crippen LogP contribution < -0.4 is 4.74 Å². The van der Waals surface area contributed by atoms with Crippen molar-refractivity contribution in [1.82, 2.24) is 4.90 Å². The average Bonchev–Trinajstić information content (AvgIpc) is 2.61. The lowest BCUT2D eigenvalue weighted by atomic mass is 9.90. The molecule has 112 valence electrons. The van der Waals surface area contributed by atoms with Gasteiger partial charge in [-0.1, -0.05) is 30.3 Å². The first-order valence-electron chi connectivity index (χ1n) is 7.75. The maximum atomic E-state index is 9.60. The molecule has 0 N–H and O–H groups in total. The molecule has 2 atom stereocenters. The average molecular weight is 294 g/mol. The Kier molecular flexibility index (Phi) is 3.45. The second kappa shape index (κ2) is 5.60. The van der Waals surface area contributed by atoms with Crippen molar-refractivity contribution >= 4 is 10.8 Å². The minimum absolute atomic E-state index is 0.142. The van der Waals surface area contributed by atoms with Crippen molar-refractivity contribution in [2.45, 2.75) is 12.6 Å². The summed E-state index contributed by atoms with van der Waals surface area (Å²) in [5.74, 6) is 0.776. The number of nitrogens with zero attached hydrogens (tertiary/aromatic N) is 2. The van der Waals surface area contributed by atoms with Gasteiger partial charge in [0.1, 0.15) is 11.7 Å². The molecular formula is C18H18N2O2. The van der Waals surface area contributed by atoms with Gasteiger partial charge in [-0.05, 0) is 23.3 Å². The maximum Gasteiger partial charge on any atom is 0.169 e. The zero-order valence-electron chi connectivity index (χ0n) is 12.4. The van der Waals surface area contributed by atoms with Crippen LogP contribution in [0.25, 0.3) is 10.8 Å². The molecule has 0 amide bonds. The summed E-state index contributed by atoms with van der Waals surface area (Å²) >= 11 is 0. The van der Waals surface area contributed by atoms with Crippen LogP contribution in [0.5, 0.6) is 5.75 Å². The summed E-state index contributed by atoms with van der Waals surface area (Å²) in [6, 6.07) is 14.9. The van der Waals surface area contributed by atoms with Crippen LogP contribution in [-0.4, -0.2) is 37.4 Å². The molecule has 4 rings (SSSR count). The Hall–Kier alpha value is -2.09. The highest BCUT2D eigenvalue weighted by molar-refractivity contribution is 5.88. The summed E-state index contributed by atoms with van der Waals surface area (Å²) in [5.41, 5.74) is 1.16. The predicted octanol–water partition coefficient (Wildman–Crippen LogP) is 2.57. The first-order chi connectivity index (χ1) is 10.9. The number of hydrogen-bond donors (Lipinski definition) is 0. The van der Waals surface area contributed by atoms with Crippen molar-refractivity contribution in [1.29, 1.82) is 5.26 Å². The number of ether oxygens (including phenoxy) is 2. The van der Waals surface area contributed by atoms with E-state index in [1.165, 1.54) is 10.8 Å². The maximum absolute atomic E-state index is 9.60. The molecule has 0 spiro atoms. The minimum Gasteiger partial charge on any atom is -0.473 e. The van der Waals surface area contributed by atoms with Crippen LogP contribution in [0, 0.1) is 17.2 Å². The van der Waals surface area contributed by atoms with Crippen LogP contribution in [-0.2, 0) is 11.2 Å². The van der Waals surface area contributed by atoms with E-state index in [0.717, 1.165) is 30.8 Å². The summed E-state index contributed by atoms with van der Waals surface area (Å²) < 4.78 is 11.6. The zero-order chi connectivity index (χ0) is 14.9. The van der Waals surface area contributed by atoms with E-state index in [2.05, 4.69) is 29.2 Å². The lowest BCUT2D eigenvalue weighted by molar-refractivity contribution is -0.0674. The molecule has 0 saturated carbocycles. The third kappa shape index (κ3) is 2.23. The van der Waals surface area contributed by atoms with Gasteiger partial charge in [-0.3, -0.25) is 4.90 Å². The van der Waals surface area contributed by atoms with Crippen LogP contribution >= 0.6 is 0 Å². The molecule has 2 aliphatic heterocycles. The van der Waals surface area contributed by atoms with E-state index in [1.54, 1.807) is 0 Å². The standard InChI is InChI=1S/C18H18N2O2/c19-12-14-11-16-15-4-2-1-3-13(15)5-6-17(16)22-18(14)20-7-9-21-10-8-20/h1-6,14,18H,7-11H2/t14-,18+/m0/s1. The van der Waals surface area contributed by atoms with Crippen molar-refractivity contribution < 1.29 is 9.47 Å². The van der Waals surface area contributed by atoms with Crippen LogP contribution in [0.1, 0.15) is 5.56 Å². The Morgan fingerprint density at radius 3 is 2.73 bits per heavy atom. The van der Waals surface area contributed by atoms with Gasteiger partial charge in [-0.15, -0.1) is 0 Å². The van der Waals surface area contributed by atoms with E-state index < -0.39 is 0 Å². The van der Waals surface area contributed by atoms with Gasteiger partial charge in [0.15, 0.2) is 6.23 Å². The number of hydrogen-bond acceptors (Lipinski definition) is 4. The molecule has 2 aromatic carbocycles. The lowest BCUT2D eigenvalue weighted by Gasteiger charge is -2.39. The minimum atomic E-state index is -0.164. The van der Waals surface area contributed by atoms with Crippen LogP contribution in [0.2, 0.25) is 0 Å². The summed E-state index contributed by atoms with van der Waals surface area (Å²) in [4.78, 5) is 2.23. The Labute approximate surface area is 129 Å². The number of fused-ring (bicyclic) bond motifs is 3. The van der Waals surface area contributed by atoms with Crippen LogP contribution in [0.3, 0.4) is 0 Å². The van der Waals surface area contributed by atoms with Gasteiger partial charge in [0, 0.05) is 18.7 Å². The van der Waals surface area contributed by atoms with Crippen molar-refractivity contribution in [2.75, 3.05) is 26.3 Å². The first-order valence-corrected chi connectivity index (χ1v) is 7.75. The van der Waals surface area contributed by atoms with Crippen molar-refractivity contribution in [3.05, 3.63) is 42.0 Å². The summed E-state index contributed by atoms with van der Waals surface area (Å²) in [7, 11) is 0.